The molecule has 2 rings (SSSR count). The van der Waals surface area contributed by atoms with Crippen molar-refractivity contribution in [3.63, 3.8) is 0 Å². The van der Waals surface area contributed by atoms with Gasteiger partial charge in [0.05, 0.1) is 5.56 Å². The van der Waals surface area contributed by atoms with Crippen LogP contribution in [0.1, 0.15) is 39.2 Å². The van der Waals surface area contributed by atoms with E-state index in [-0.39, 0.29) is 23.3 Å². The standard InChI is InChI=1S/C16H15F2NO3/c1-9-6-7-10(2)19-15(9)22-8-13-11(14(17)18)4-3-5-12(13)16(20)21/h3-7,14H,8H2,1-2H3,(H,20,21). The minimum atomic E-state index is -2.77. The Morgan fingerprint density at radius 1 is 1.27 bits per heavy atom. The fourth-order valence-electron chi connectivity index (χ4n) is 2.06. The van der Waals surface area contributed by atoms with Crippen LogP contribution in [0, 0.1) is 13.8 Å². The molecule has 0 aliphatic carbocycles. The third kappa shape index (κ3) is 3.39. The Hall–Kier alpha value is -2.50. The average Bonchev–Trinajstić information content (AvgIpc) is 2.47. The summed E-state index contributed by atoms with van der Waals surface area (Å²) in [6.07, 6.45) is -2.77. The maximum atomic E-state index is 13.1. The second-order valence-corrected chi connectivity index (χ2v) is 4.84. The van der Waals surface area contributed by atoms with Gasteiger partial charge in [0.2, 0.25) is 5.88 Å². The number of hydrogen-bond donors (Lipinski definition) is 1. The summed E-state index contributed by atoms with van der Waals surface area (Å²) in [4.78, 5) is 15.4. The number of carboxylic acid groups (broad SMARTS) is 1. The quantitative estimate of drug-likeness (QED) is 0.909. The molecule has 2 aromatic rings. The number of rotatable bonds is 5. The van der Waals surface area contributed by atoms with Gasteiger partial charge in [-0.15, -0.1) is 0 Å². The van der Waals surface area contributed by atoms with Gasteiger partial charge >= 0.3 is 5.97 Å². The Balaban J connectivity index is 2.36. The number of carbonyl (C=O) groups is 1. The highest BCUT2D eigenvalue weighted by atomic mass is 19.3. The molecule has 0 aliphatic heterocycles. The summed E-state index contributed by atoms with van der Waals surface area (Å²) in [5, 5.41) is 9.15. The molecular formula is C16H15F2NO3. The Morgan fingerprint density at radius 3 is 2.64 bits per heavy atom. The van der Waals surface area contributed by atoms with Crippen LogP contribution in [0.5, 0.6) is 5.88 Å². The first-order valence-corrected chi connectivity index (χ1v) is 6.60. The predicted molar refractivity (Wildman–Crippen MR) is 76.4 cm³/mol. The van der Waals surface area contributed by atoms with E-state index in [9.17, 15) is 13.6 Å². The predicted octanol–water partition coefficient (Wildman–Crippen LogP) is 3.91. The van der Waals surface area contributed by atoms with Gasteiger partial charge in [-0.1, -0.05) is 18.2 Å². The van der Waals surface area contributed by atoms with Gasteiger partial charge < -0.3 is 9.84 Å². The molecule has 0 aliphatic rings. The average molecular weight is 307 g/mol. The van der Waals surface area contributed by atoms with Crippen LogP contribution in [0.15, 0.2) is 30.3 Å². The molecule has 4 nitrogen and oxygen atoms in total. The van der Waals surface area contributed by atoms with Crippen molar-refractivity contribution in [1.29, 1.82) is 0 Å². The molecule has 0 saturated carbocycles. The Labute approximate surface area is 126 Å². The number of nitrogens with zero attached hydrogens (tertiary/aromatic N) is 1. The molecule has 1 aromatic carbocycles. The number of halogens is 2. The molecule has 0 saturated heterocycles. The minimum absolute atomic E-state index is 0.0345. The molecule has 0 atom stereocenters. The van der Waals surface area contributed by atoms with Crippen molar-refractivity contribution in [2.75, 3.05) is 0 Å². The van der Waals surface area contributed by atoms with Gasteiger partial charge in [-0.25, -0.2) is 18.6 Å². The van der Waals surface area contributed by atoms with Crippen LogP contribution in [0.2, 0.25) is 0 Å². The molecule has 0 spiro atoms. The molecular weight excluding hydrogens is 292 g/mol. The van der Waals surface area contributed by atoms with E-state index in [0.717, 1.165) is 11.3 Å². The van der Waals surface area contributed by atoms with Gasteiger partial charge in [0.1, 0.15) is 6.61 Å². The van der Waals surface area contributed by atoms with Crippen LogP contribution in [0.25, 0.3) is 0 Å². The van der Waals surface area contributed by atoms with Gasteiger partial charge in [0.25, 0.3) is 6.43 Å². The van der Waals surface area contributed by atoms with Crippen molar-refractivity contribution in [3.8, 4) is 5.88 Å². The first-order chi connectivity index (χ1) is 10.4. The SMILES string of the molecule is Cc1ccc(C)c(OCc2c(C(=O)O)cccc2C(F)F)n1. The Morgan fingerprint density at radius 2 is 2.00 bits per heavy atom. The lowest BCUT2D eigenvalue weighted by atomic mass is 10.0. The molecule has 0 amide bonds. The van der Waals surface area contributed by atoms with Crippen molar-refractivity contribution in [2.45, 2.75) is 26.9 Å². The summed E-state index contributed by atoms with van der Waals surface area (Å²) in [5.41, 5.74) is 0.902. The van der Waals surface area contributed by atoms with E-state index in [1.54, 1.807) is 26.0 Å². The van der Waals surface area contributed by atoms with Crippen LogP contribution < -0.4 is 4.74 Å². The first kappa shape index (κ1) is 15.9. The molecule has 1 heterocycles. The van der Waals surface area contributed by atoms with E-state index in [1.807, 2.05) is 0 Å². The van der Waals surface area contributed by atoms with Crippen LogP contribution >= 0.6 is 0 Å². The van der Waals surface area contributed by atoms with E-state index in [1.165, 1.54) is 18.2 Å². The smallest absolute Gasteiger partial charge is 0.336 e. The molecule has 0 unspecified atom stereocenters. The lowest BCUT2D eigenvalue weighted by molar-refractivity contribution is 0.0693. The molecule has 22 heavy (non-hydrogen) atoms. The molecule has 0 bridgehead atoms. The van der Waals surface area contributed by atoms with E-state index in [2.05, 4.69) is 4.98 Å². The maximum absolute atomic E-state index is 13.1. The number of carboxylic acids is 1. The normalized spacial score (nSPS) is 10.8. The van der Waals surface area contributed by atoms with Gasteiger partial charge in [0, 0.05) is 22.4 Å². The second kappa shape index (κ2) is 6.51. The van der Waals surface area contributed by atoms with Gasteiger partial charge in [-0.2, -0.15) is 0 Å². The summed E-state index contributed by atoms with van der Waals surface area (Å²) < 4.78 is 31.6. The molecule has 0 radical (unpaired) electrons. The van der Waals surface area contributed by atoms with Gasteiger partial charge in [-0.3, -0.25) is 0 Å². The largest absolute Gasteiger partial charge is 0.478 e. The van der Waals surface area contributed by atoms with Crippen molar-refractivity contribution in [1.82, 2.24) is 4.98 Å². The first-order valence-electron chi connectivity index (χ1n) is 6.60. The topological polar surface area (TPSA) is 59.4 Å². The zero-order valence-electron chi connectivity index (χ0n) is 12.1. The molecule has 116 valence electrons. The van der Waals surface area contributed by atoms with E-state index in [0.29, 0.717) is 5.88 Å². The number of aryl methyl sites for hydroxylation is 2. The highest BCUT2D eigenvalue weighted by Gasteiger charge is 2.20. The minimum Gasteiger partial charge on any atom is -0.478 e. The van der Waals surface area contributed by atoms with Gasteiger partial charge in [-0.05, 0) is 26.0 Å². The van der Waals surface area contributed by atoms with Crippen molar-refractivity contribution < 1.29 is 23.4 Å². The zero-order valence-corrected chi connectivity index (χ0v) is 12.1. The van der Waals surface area contributed by atoms with E-state index >= 15 is 0 Å². The number of benzene rings is 1. The number of aromatic nitrogens is 1. The fraction of sp³-hybridized carbons (Fsp3) is 0.250. The number of hydrogen-bond acceptors (Lipinski definition) is 3. The summed E-state index contributed by atoms with van der Waals surface area (Å²) in [6, 6.07) is 7.38. The summed E-state index contributed by atoms with van der Waals surface area (Å²) >= 11 is 0. The third-order valence-electron chi connectivity index (χ3n) is 3.22. The molecule has 1 N–H and O–H groups in total. The third-order valence-corrected chi connectivity index (χ3v) is 3.22. The van der Waals surface area contributed by atoms with Crippen molar-refractivity contribution in [2.24, 2.45) is 0 Å². The Kier molecular flexibility index (Phi) is 4.70. The number of alkyl halides is 2. The van der Waals surface area contributed by atoms with Gasteiger partial charge in [0.15, 0.2) is 0 Å². The van der Waals surface area contributed by atoms with Crippen molar-refractivity contribution in [3.05, 3.63) is 58.3 Å². The van der Waals surface area contributed by atoms with Crippen LogP contribution in [-0.4, -0.2) is 16.1 Å². The van der Waals surface area contributed by atoms with Crippen LogP contribution in [-0.2, 0) is 6.61 Å². The number of pyridine rings is 1. The van der Waals surface area contributed by atoms with Crippen LogP contribution in [0.4, 0.5) is 8.78 Å². The Bertz CT molecular complexity index is 702. The summed E-state index contributed by atoms with van der Waals surface area (Å²) in [5.74, 6) is -0.963. The van der Waals surface area contributed by atoms with Crippen LogP contribution in [0.3, 0.4) is 0 Å². The second-order valence-electron chi connectivity index (χ2n) is 4.84. The van der Waals surface area contributed by atoms with E-state index < -0.39 is 12.4 Å². The summed E-state index contributed by atoms with van der Waals surface area (Å²) in [7, 11) is 0. The molecule has 6 heteroatoms. The monoisotopic (exact) mass is 307 g/mol. The number of ether oxygens (including phenoxy) is 1. The number of aromatic carboxylic acids is 1. The molecule has 0 fully saturated rings. The summed E-state index contributed by atoms with van der Waals surface area (Å²) in [6.45, 7) is 3.28. The lowest BCUT2D eigenvalue weighted by Gasteiger charge is -2.14. The fourth-order valence-corrected chi connectivity index (χ4v) is 2.06. The highest BCUT2D eigenvalue weighted by Crippen LogP contribution is 2.27. The lowest BCUT2D eigenvalue weighted by Crippen LogP contribution is -2.10. The zero-order chi connectivity index (χ0) is 16.3. The highest BCUT2D eigenvalue weighted by molar-refractivity contribution is 5.89. The van der Waals surface area contributed by atoms with Crippen molar-refractivity contribution >= 4 is 5.97 Å². The maximum Gasteiger partial charge on any atom is 0.336 e. The van der Waals surface area contributed by atoms with E-state index in [4.69, 9.17) is 9.84 Å². The molecule has 1 aromatic heterocycles.